The van der Waals surface area contributed by atoms with Crippen LogP contribution in [0.1, 0.15) is 12.5 Å². The fraction of sp³-hybridized carbons (Fsp3) is 0.300. The van der Waals surface area contributed by atoms with Gasteiger partial charge in [-0.15, -0.1) is 5.10 Å². The molecule has 4 atom stereocenters. The number of aliphatic hydroxyl groups is 2. The minimum atomic E-state index is -4.16. The number of hydrogen-bond donors (Lipinski definition) is 2. The van der Waals surface area contributed by atoms with Gasteiger partial charge < -0.3 is 14.9 Å². The van der Waals surface area contributed by atoms with Crippen molar-refractivity contribution < 1.29 is 36.5 Å². The summed E-state index contributed by atoms with van der Waals surface area (Å²) in [5.74, 6) is -4.50. The minimum absolute atomic E-state index is 0.00789. The zero-order chi connectivity index (χ0) is 24.8. The van der Waals surface area contributed by atoms with Gasteiger partial charge in [0.05, 0.1) is 33.8 Å². The molecule has 2 N–H and O–H groups in total. The van der Waals surface area contributed by atoms with Crippen molar-refractivity contribution >= 4 is 33.0 Å². The Balaban J connectivity index is 1.67. The Morgan fingerprint density at radius 3 is 2.41 bits per heavy atom. The zero-order valence-electron chi connectivity index (χ0n) is 16.9. The Morgan fingerprint density at radius 2 is 1.79 bits per heavy atom. The average molecular weight is 538 g/mol. The maximum atomic E-state index is 13.6. The molecule has 1 aliphatic rings. The molecule has 0 aliphatic carbocycles. The molecule has 8 nitrogen and oxygen atoms in total. The van der Waals surface area contributed by atoms with Crippen LogP contribution in [0.2, 0.25) is 10.0 Å². The smallest absolute Gasteiger partial charge is 0.205 e. The molecule has 14 heteroatoms. The van der Waals surface area contributed by atoms with Crippen LogP contribution in [0.15, 0.2) is 41.4 Å². The van der Waals surface area contributed by atoms with Crippen LogP contribution >= 0.6 is 23.2 Å². The third-order valence-corrected chi connectivity index (χ3v) is 8.06. The summed E-state index contributed by atoms with van der Waals surface area (Å²) in [7, 11) is -4.16. The lowest BCUT2D eigenvalue weighted by Gasteiger charge is -2.38. The van der Waals surface area contributed by atoms with Gasteiger partial charge in [0.2, 0.25) is 9.84 Å². The Labute approximate surface area is 201 Å². The number of hydrogen-bond acceptors (Lipinski definition) is 7. The first-order chi connectivity index (χ1) is 16.0. The van der Waals surface area contributed by atoms with Crippen LogP contribution in [0.5, 0.6) is 0 Å². The Bertz CT molecular complexity index is 1320. The molecule has 2 heterocycles. The highest BCUT2D eigenvalue weighted by atomic mass is 35.5. The highest BCUT2D eigenvalue weighted by Gasteiger charge is 2.44. The van der Waals surface area contributed by atoms with Gasteiger partial charge in [0.1, 0.15) is 17.9 Å². The third kappa shape index (κ3) is 4.53. The summed E-state index contributed by atoms with van der Waals surface area (Å²) in [5, 5.41) is 28.1. The van der Waals surface area contributed by atoms with E-state index < -0.39 is 57.6 Å². The van der Waals surface area contributed by atoms with E-state index in [1.807, 2.05) is 0 Å². The summed E-state index contributed by atoms with van der Waals surface area (Å²) in [6.07, 6.45) is -1.80. The second-order valence-corrected chi connectivity index (χ2v) is 10.4. The van der Waals surface area contributed by atoms with Gasteiger partial charge in [-0.2, -0.15) is 0 Å². The fourth-order valence-electron chi connectivity index (χ4n) is 3.61. The van der Waals surface area contributed by atoms with Crippen molar-refractivity contribution in [3.05, 3.63) is 64.0 Å². The number of aromatic nitrogens is 3. The number of halogens is 5. The largest absolute Gasteiger partial charge is 0.394 e. The van der Waals surface area contributed by atoms with Gasteiger partial charge in [0.25, 0.3) is 0 Å². The molecule has 0 saturated carbocycles. The monoisotopic (exact) mass is 537 g/mol. The molecule has 2 aromatic carbocycles. The van der Waals surface area contributed by atoms with E-state index in [0.29, 0.717) is 0 Å². The highest BCUT2D eigenvalue weighted by molar-refractivity contribution is 7.92. The predicted molar refractivity (Wildman–Crippen MR) is 114 cm³/mol. The average Bonchev–Trinajstić information content (AvgIpc) is 3.29. The van der Waals surface area contributed by atoms with Crippen molar-refractivity contribution in [1.29, 1.82) is 0 Å². The van der Waals surface area contributed by atoms with E-state index in [4.69, 9.17) is 27.9 Å². The molecule has 1 saturated heterocycles. The summed E-state index contributed by atoms with van der Waals surface area (Å²) in [6, 6.07) is 4.10. The molecule has 0 radical (unpaired) electrons. The molecule has 34 heavy (non-hydrogen) atoms. The maximum Gasteiger partial charge on any atom is 0.205 e. The summed E-state index contributed by atoms with van der Waals surface area (Å²) in [6.45, 7) is -0.707. The van der Waals surface area contributed by atoms with Crippen LogP contribution in [0.25, 0.3) is 11.3 Å². The third-order valence-electron chi connectivity index (χ3n) is 5.41. The standard InChI is InChI=1S/C20H16Cl2F3N3O5S/c21-11-2-1-10(5-12(11)22)34(31,32)18-6-16(20(30)17(8-29)33-18)28-7-15(26-27-28)9-3-13(23)19(25)14(24)4-9/h1-5,7,16-18,20,29-30H,6,8H2/t16-,17-,18?,20-/m1/s1. The molecule has 1 aliphatic heterocycles. The first-order valence-electron chi connectivity index (χ1n) is 9.73. The van der Waals surface area contributed by atoms with Crippen molar-refractivity contribution in [2.45, 2.75) is 35.0 Å². The molecule has 1 fully saturated rings. The molecule has 3 aromatic rings. The van der Waals surface area contributed by atoms with Crippen LogP contribution < -0.4 is 0 Å². The van der Waals surface area contributed by atoms with Gasteiger partial charge in [-0.3, -0.25) is 0 Å². The molecule has 1 aromatic heterocycles. The number of ether oxygens (including phenoxy) is 1. The molecule has 0 amide bonds. The first-order valence-corrected chi connectivity index (χ1v) is 12.0. The number of aliphatic hydroxyl groups excluding tert-OH is 2. The van der Waals surface area contributed by atoms with E-state index in [-0.39, 0.29) is 32.6 Å². The van der Waals surface area contributed by atoms with Gasteiger partial charge in [-0.1, -0.05) is 28.4 Å². The second kappa shape index (κ2) is 9.44. The maximum absolute atomic E-state index is 13.6. The lowest BCUT2D eigenvalue weighted by atomic mass is 10.00. The molecule has 4 rings (SSSR count). The van der Waals surface area contributed by atoms with E-state index in [9.17, 15) is 31.8 Å². The summed E-state index contributed by atoms with van der Waals surface area (Å²) < 4.78 is 73.4. The van der Waals surface area contributed by atoms with Gasteiger partial charge >= 0.3 is 0 Å². The van der Waals surface area contributed by atoms with Crippen LogP contribution in [0.4, 0.5) is 13.2 Å². The first kappa shape index (κ1) is 24.9. The van der Waals surface area contributed by atoms with Crippen molar-refractivity contribution in [2.24, 2.45) is 0 Å². The summed E-state index contributed by atoms with van der Waals surface area (Å²) in [5.41, 5.74) is -1.69. The van der Waals surface area contributed by atoms with Gasteiger partial charge in [-0.25, -0.2) is 26.3 Å². The van der Waals surface area contributed by atoms with Gasteiger partial charge in [0, 0.05) is 12.0 Å². The van der Waals surface area contributed by atoms with E-state index in [1.165, 1.54) is 18.3 Å². The minimum Gasteiger partial charge on any atom is -0.394 e. The molecule has 0 bridgehead atoms. The van der Waals surface area contributed by atoms with E-state index in [0.717, 1.165) is 22.9 Å². The molecular weight excluding hydrogens is 522 g/mol. The van der Waals surface area contributed by atoms with Crippen molar-refractivity contribution in [3.8, 4) is 11.3 Å². The predicted octanol–water partition coefficient (Wildman–Crippen LogP) is 3.15. The van der Waals surface area contributed by atoms with Crippen LogP contribution in [-0.4, -0.2) is 57.9 Å². The Hall–Kier alpha value is -2.22. The number of sulfone groups is 1. The van der Waals surface area contributed by atoms with Gasteiger partial charge in [0.15, 0.2) is 22.9 Å². The van der Waals surface area contributed by atoms with Gasteiger partial charge in [-0.05, 0) is 30.3 Å². The number of nitrogens with zero attached hydrogens (tertiary/aromatic N) is 3. The Kier molecular flexibility index (Phi) is 6.91. The van der Waals surface area contributed by atoms with Crippen molar-refractivity contribution in [3.63, 3.8) is 0 Å². The van der Waals surface area contributed by atoms with Crippen molar-refractivity contribution in [2.75, 3.05) is 6.61 Å². The van der Waals surface area contributed by atoms with Crippen LogP contribution in [0, 0.1) is 17.5 Å². The lowest BCUT2D eigenvalue weighted by Crippen LogP contribution is -2.50. The summed E-state index contributed by atoms with van der Waals surface area (Å²) >= 11 is 11.8. The quantitative estimate of drug-likeness (QED) is 0.480. The number of rotatable bonds is 5. The van der Waals surface area contributed by atoms with E-state index in [2.05, 4.69) is 10.3 Å². The highest BCUT2D eigenvalue weighted by Crippen LogP contribution is 2.36. The SMILES string of the molecule is O=S(=O)(c1ccc(Cl)c(Cl)c1)C1C[C@@H](n2cc(-c3cc(F)c(F)c(F)c3)nn2)[C@@H](O)[C@@H](CO)O1. The topological polar surface area (TPSA) is 115 Å². The van der Waals surface area contributed by atoms with E-state index >= 15 is 0 Å². The number of benzene rings is 2. The second-order valence-electron chi connectivity index (χ2n) is 7.54. The molecule has 1 unspecified atom stereocenters. The molecule has 0 spiro atoms. The molecule has 182 valence electrons. The fourth-order valence-corrected chi connectivity index (χ4v) is 5.56. The van der Waals surface area contributed by atoms with Crippen LogP contribution in [0.3, 0.4) is 0 Å². The van der Waals surface area contributed by atoms with Crippen LogP contribution in [-0.2, 0) is 14.6 Å². The van der Waals surface area contributed by atoms with E-state index in [1.54, 1.807) is 0 Å². The zero-order valence-corrected chi connectivity index (χ0v) is 19.3. The Morgan fingerprint density at radius 1 is 1.12 bits per heavy atom. The lowest BCUT2D eigenvalue weighted by molar-refractivity contribution is -0.133. The summed E-state index contributed by atoms with van der Waals surface area (Å²) in [4.78, 5) is -0.185. The normalized spacial score (nSPS) is 23.3. The van der Waals surface area contributed by atoms with Crippen molar-refractivity contribution in [1.82, 2.24) is 15.0 Å². The molecular formula is C20H16Cl2F3N3O5S.